The van der Waals surface area contributed by atoms with E-state index in [2.05, 4.69) is 72.6 Å². The molecule has 1 heteroatoms. The fourth-order valence-electron chi connectivity index (χ4n) is 3.50. The zero-order chi connectivity index (χ0) is 14.9. The van der Waals surface area contributed by atoms with Gasteiger partial charge in [-0.05, 0) is 47.0 Å². The van der Waals surface area contributed by atoms with Gasteiger partial charge >= 0.3 is 0 Å². The lowest BCUT2D eigenvalue weighted by Gasteiger charge is -2.22. The van der Waals surface area contributed by atoms with Crippen molar-refractivity contribution in [2.24, 2.45) is 0 Å². The van der Waals surface area contributed by atoms with Crippen molar-refractivity contribution in [2.75, 3.05) is 20.1 Å². The fourth-order valence-corrected chi connectivity index (χ4v) is 3.50. The van der Waals surface area contributed by atoms with E-state index in [1.165, 1.54) is 40.1 Å². The van der Waals surface area contributed by atoms with E-state index in [-0.39, 0.29) is 0 Å². The fraction of sp³-hybridized carbons (Fsp3) is 0.238. The van der Waals surface area contributed by atoms with E-state index in [9.17, 15) is 0 Å². The molecule has 1 nitrogen and oxygen atoms in total. The van der Waals surface area contributed by atoms with Gasteiger partial charge in [0.25, 0.3) is 0 Å². The molecule has 1 heterocycles. The van der Waals surface area contributed by atoms with Crippen molar-refractivity contribution in [3.63, 3.8) is 0 Å². The minimum Gasteiger partial charge on any atom is -0.302 e. The highest BCUT2D eigenvalue weighted by molar-refractivity contribution is 6.09. The van der Waals surface area contributed by atoms with E-state index in [1.807, 2.05) is 0 Å². The molecule has 4 rings (SSSR count). The Morgan fingerprint density at radius 2 is 1.64 bits per heavy atom. The molecule has 3 aromatic carbocycles. The molecule has 0 saturated carbocycles. The second kappa shape index (κ2) is 5.58. The van der Waals surface area contributed by atoms with E-state index < -0.39 is 0 Å². The summed E-state index contributed by atoms with van der Waals surface area (Å²) in [5.41, 5.74) is 3.05. The highest BCUT2D eigenvalue weighted by Gasteiger charge is 2.11. The van der Waals surface area contributed by atoms with Crippen LogP contribution in [-0.4, -0.2) is 25.0 Å². The standard InChI is InChI=1S/C21H21N/c1-22-12-10-16(11-13-22)14-18-15-17-6-2-3-7-19(17)21-9-5-4-8-20(18)21/h2-10,15H,11-14H2,1H3. The Hall–Kier alpha value is -2.12. The number of hydrogen-bond acceptors (Lipinski definition) is 1. The largest absolute Gasteiger partial charge is 0.302 e. The van der Waals surface area contributed by atoms with E-state index in [0.29, 0.717) is 0 Å². The molecule has 1 aliphatic rings. The van der Waals surface area contributed by atoms with Gasteiger partial charge in [-0.3, -0.25) is 0 Å². The van der Waals surface area contributed by atoms with Crippen molar-refractivity contribution < 1.29 is 0 Å². The molecular formula is C21H21N. The van der Waals surface area contributed by atoms with Gasteiger partial charge in [0.2, 0.25) is 0 Å². The minimum absolute atomic E-state index is 1.08. The van der Waals surface area contributed by atoms with Crippen molar-refractivity contribution in [3.8, 4) is 0 Å². The summed E-state index contributed by atoms with van der Waals surface area (Å²) in [5.74, 6) is 0. The van der Waals surface area contributed by atoms with Gasteiger partial charge in [0.1, 0.15) is 0 Å². The molecule has 0 atom stereocenters. The molecule has 0 amide bonds. The van der Waals surface area contributed by atoms with Gasteiger partial charge in [-0.25, -0.2) is 0 Å². The third kappa shape index (κ3) is 2.42. The number of fused-ring (bicyclic) bond motifs is 3. The molecular weight excluding hydrogens is 266 g/mol. The first-order valence-electron chi connectivity index (χ1n) is 8.07. The normalized spacial score (nSPS) is 16.1. The minimum atomic E-state index is 1.08. The summed E-state index contributed by atoms with van der Waals surface area (Å²) in [7, 11) is 2.19. The van der Waals surface area contributed by atoms with Gasteiger partial charge in [-0.2, -0.15) is 0 Å². The Morgan fingerprint density at radius 1 is 0.909 bits per heavy atom. The lowest BCUT2D eigenvalue weighted by atomic mass is 9.92. The summed E-state index contributed by atoms with van der Waals surface area (Å²) in [4.78, 5) is 2.38. The molecule has 0 fully saturated rings. The number of hydrogen-bond donors (Lipinski definition) is 0. The third-order valence-electron chi connectivity index (χ3n) is 4.78. The summed E-state index contributed by atoms with van der Waals surface area (Å²) in [6, 6.07) is 19.9. The molecule has 0 radical (unpaired) electrons. The molecule has 0 bridgehead atoms. The van der Waals surface area contributed by atoms with Crippen LogP contribution in [0.25, 0.3) is 21.5 Å². The summed E-state index contributed by atoms with van der Waals surface area (Å²) in [6.45, 7) is 2.26. The van der Waals surface area contributed by atoms with Gasteiger partial charge in [0.05, 0.1) is 0 Å². The predicted octanol–water partition coefficient (Wildman–Crippen LogP) is 4.80. The number of likely N-dealkylation sites (N-methyl/N-ethyl adjacent to an activating group) is 1. The van der Waals surface area contributed by atoms with Crippen LogP contribution in [0.3, 0.4) is 0 Å². The molecule has 0 spiro atoms. The Bertz CT molecular complexity index is 860. The van der Waals surface area contributed by atoms with Gasteiger partial charge in [0.15, 0.2) is 0 Å². The molecule has 22 heavy (non-hydrogen) atoms. The maximum atomic E-state index is 2.41. The smallest absolute Gasteiger partial charge is 0.0163 e. The maximum Gasteiger partial charge on any atom is 0.0163 e. The van der Waals surface area contributed by atoms with E-state index >= 15 is 0 Å². The van der Waals surface area contributed by atoms with Crippen LogP contribution >= 0.6 is 0 Å². The highest BCUT2D eigenvalue weighted by atomic mass is 15.1. The Morgan fingerprint density at radius 3 is 2.41 bits per heavy atom. The molecule has 0 N–H and O–H groups in total. The van der Waals surface area contributed by atoms with Crippen LogP contribution in [0.15, 0.2) is 66.2 Å². The van der Waals surface area contributed by atoms with Crippen LogP contribution in [0.4, 0.5) is 0 Å². The second-order valence-corrected chi connectivity index (χ2v) is 6.35. The molecule has 0 aromatic heterocycles. The topological polar surface area (TPSA) is 3.24 Å². The van der Waals surface area contributed by atoms with Crippen LogP contribution in [0.1, 0.15) is 12.0 Å². The first-order chi connectivity index (χ1) is 10.8. The Labute approximate surface area is 131 Å². The molecule has 110 valence electrons. The van der Waals surface area contributed by atoms with E-state index in [0.717, 1.165) is 13.0 Å². The van der Waals surface area contributed by atoms with Crippen molar-refractivity contribution >= 4 is 21.5 Å². The quantitative estimate of drug-likeness (QED) is 0.483. The zero-order valence-corrected chi connectivity index (χ0v) is 13.0. The summed E-state index contributed by atoms with van der Waals surface area (Å²) < 4.78 is 0. The van der Waals surface area contributed by atoms with Gasteiger partial charge < -0.3 is 4.90 Å². The van der Waals surface area contributed by atoms with E-state index in [1.54, 1.807) is 5.57 Å². The zero-order valence-electron chi connectivity index (χ0n) is 13.0. The molecule has 1 aliphatic heterocycles. The highest BCUT2D eigenvalue weighted by Crippen LogP contribution is 2.30. The van der Waals surface area contributed by atoms with Gasteiger partial charge in [-0.1, -0.05) is 66.2 Å². The Balaban J connectivity index is 1.85. The molecule has 3 aromatic rings. The average Bonchev–Trinajstić information content (AvgIpc) is 2.57. The predicted molar refractivity (Wildman–Crippen MR) is 95.4 cm³/mol. The summed E-state index contributed by atoms with van der Waals surface area (Å²) >= 11 is 0. The van der Waals surface area contributed by atoms with E-state index in [4.69, 9.17) is 0 Å². The first kappa shape index (κ1) is 13.5. The monoisotopic (exact) mass is 287 g/mol. The number of nitrogens with zero attached hydrogens (tertiary/aromatic N) is 1. The van der Waals surface area contributed by atoms with Crippen LogP contribution in [0, 0.1) is 0 Å². The van der Waals surface area contributed by atoms with Crippen LogP contribution in [0.2, 0.25) is 0 Å². The van der Waals surface area contributed by atoms with Crippen molar-refractivity contribution in [2.45, 2.75) is 12.8 Å². The number of rotatable bonds is 2. The summed E-state index contributed by atoms with van der Waals surface area (Å²) in [5, 5.41) is 5.49. The van der Waals surface area contributed by atoms with Crippen LogP contribution in [0.5, 0.6) is 0 Å². The second-order valence-electron chi connectivity index (χ2n) is 6.35. The number of benzene rings is 3. The average molecular weight is 287 g/mol. The van der Waals surface area contributed by atoms with Crippen molar-refractivity contribution in [3.05, 3.63) is 71.8 Å². The maximum absolute atomic E-state index is 2.41. The molecule has 0 aliphatic carbocycles. The SMILES string of the molecule is CN1CC=C(Cc2cc3ccccc3c3ccccc23)CC1. The Kier molecular flexibility index (Phi) is 3.44. The lowest BCUT2D eigenvalue weighted by molar-refractivity contribution is 0.357. The van der Waals surface area contributed by atoms with Crippen molar-refractivity contribution in [1.82, 2.24) is 4.90 Å². The summed E-state index contributed by atoms with van der Waals surface area (Å²) in [6.07, 6.45) is 4.68. The van der Waals surface area contributed by atoms with Crippen molar-refractivity contribution in [1.29, 1.82) is 0 Å². The van der Waals surface area contributed by atoms with Gasteiger partial charge in [0, 0.05) is 13.1 Å². The van der Waals surface area contributed by atoms with Crippen LogP contribution < -0.4 is 0 Å². The molecule has 0 saturated heterocycles. The van der Waals surface area contributed by atoms with Crippen LogP contribution in [-0.2, 0) is 6.42 Å². The molecule has 0 unspecified atom stereocenters. The van der Waals surface area contributed by atoms with Gasteiger partial charge in [-0.15, -0.1) is 0 Å². The first-order valence-corrected chi connectivity index (χ1v) is 8.07. The third-order valence-corrected chi connectivity index (χ3v) is 4.78. The lowest BCUT2D eigenvalue weighted by Crippen LogP contribution is -2.24.